The van der Waals surface area contributed by atoms with Gasteiger partial charge in [-0.3, -0.25) is 9.59 Å². The van der Waals surface area contributed by atoms with E-state index < -0.39 is 0 Å². The number of amides is 2. The molecule has 1 aliphatic carbocycles. The first-order chi connectivity index (χ1) is 19.3. The lowest BCUT2D eigenvalue weighted by molar-refractivity contribution is -0.121. The summed E-state index contributed by atoms with van der Waals surface area (Å²) in [6, 6.07) is 5.85. The maximum atomic E-state index is 14.9. The van der Waals surface area contributed by atoms with Crippen molar-refractivity contribution in [1.29, 1.82) is 0 Å². The predicted octanol–water partition coefficient (Wildman–Crippen LogP) is 8.42. The molecule has 0 saturated heterocycles. The number of nitrogens with one attached hydrogen (secondary N) is 2. The molecule has 1 aliphatic heterocycles. The van der Waals surface area contributed by atoms with Gasteiger partial charge in [0.25, 0.3) is 0 Å². The molecule has 2 amide bonds. The fourth-order valence-corrected chi connectivity index (χ4v) is 5.65. The Morgan fingerprint density at radius 3 is 2.51 bits per heavy atom. The van der Waals surface area contributed by atoms with E-state index in [-0.39, 0.29) is 44.1 Å². The molecule has 0 radical (unpaired) electrons. The minimum Gasteiger partial charge on any atom is -0.353 e. The second kappa shape index (κ2) is 16.2. The first-order valence-electron chi connectivity index (χ1n) is 15.0. The minimum absolute atomic E-state index is 0. The number of fused-ring (bicyclic) bond motifs is 3. The van der Waals surface area contributed by atoms with Gasteiger partial charge in [0.15, 0.2) is 5.82 Å². The molecular formula is C32H51FIN5O2. The molecule has 0 bridgehead atoms. The van der Waals surface area contributed by atoms with Crippen LogP contribution in [0.25, 0.3) is 22.2 Å². The molecule has 230 valence electrons. The van der Waals surface area contributed by atoms with E-state index in [9.17, 15) is 14.0 Å². The van der Waals surface area contributed by atoms with Crippen LogP contribution in [0, 0.1) is 5.82 Å². The lowest BCUT2D eigenvalue weighted by Crippen LogP contribution is -2.35. The summed E-state index contributed by atoms with van der Waals surface area (Å²) in [6.07, 6.45) is 12.9. The van der Waals surface area contributed by atoms with Gasteiger partial charge in [0.05, 0.1) is 5.52 Å². The van der Waals surface area contributed by atoms with Crippen LogP contribution in [0.5, 0.6) is 0 Å². The van der Waals surface area contributed by atoms with E-state index in [1.807, 2.05) is 32.9 Å². The molecule has 3 heterocycles. The summed E-state index contributed by atoms with van der Waals surface area (Å²) in [7, 11) is 0. The number of aromatic nitrogens is 3. The highest BCUT2D eigenvalue weighted by Gasteiger charge is 2.33. The third-order valence-corrected chi connectivity index (χ3v) is 7.66. The van der Waals surface area contributed by atoms with Crippen molar-refractivity contribution >= 4 is 53.1 Å². The van der Waals surface area contributed by atoms with Crippen LogP contribution in [-0.2, 0) is 28.0 Å². The van der Waals surface area contributed by atoms with Crippen LogP contribution >= 0.6 is 24.0 Å². The lowest BCUT2D eigenvalue weighted by atomic mass is 9.95. The van der Waals surface area contributed by atoms with Gasteiger partial charge in [0.1, 0.15) is 17.2 Å². The van der Waals surface area contributed by atoms with Crippen molar-refractivity contribution < 1.29 is 16.8 Å². The van der Waals surface area contributed by atoms with Gasteiger partial charge in [0.2, 0.25) is 12.3 Å². The molecule has 2 aromatic heterocycles. The summed E-state index contributed by atoms with van der Waals surface area (Å²) in [5, 5.41) is 5.62. The van der Waals surface area contributed by atoms with Crippen molar-refractivity contribution in [2.75, 3.05) is 5.32 Å². The van der Waals surface area contributed by atoms with Crippen LogP contribution in [-0.4, -0.2) is 32.9 Å². The first kappa shape index (κ1) is 34.6. The Labute approximate surface area is 264 Å². The number of carbonyl (C=O) groups is 2. The Kier molecular flexibility index (Phi) is 13.7. The number of anilines is 1. The number of benzene rings is 1. The summed E-state index contributed by atoms with van der Waals surface area (Å²) >= 11 is 0. The van der Waals surface area contributed by atoms with Crippen molar-refractivity contribution in [3.05, 3.63) is 41.6 Å². The summed E-state index contributed by atoms with van der Waals surface area (Å²) in [6.45, 7) is 12.3. The molecule has 1 fully saturated rings. The minimum atomic E-state index is -0.315. The molecule has 3 aromatic rings. The first-order valence-corrected chi connectivity index (χ1v) is 15.0. The van der Waals surface area contributed by atoms with E-state index >= 15 is 0 Å². The molecule has 5 rings (SSSR count). The van der Waals surface area contributed by atoms with E-state index in [4.69, 9.17) is 0 Å². The van der Waals surface area contributed by atoms with Gasteiger partial charge in [-0.15, -0.1) is 24.0 Å². The quantitative estimate of drug-likeness (QED) is 0.193. The standard InChI is InChI=1S/C21H23FN4O.C9H17NO.C2H6.HI.2H2/c1-4-5-13-11-23-18(24-12-27)10-15(13)14-8-16(22)20-17(9-14)26-19(25-20)6-7-21(26,2)3;1-2-9(11)10-8-6-4-3-5-7-8;1-2;;;/h8-12H,4-7H2,1-3H3,(H,23,24,27);8H,2-7H2,1H3,(H,10,11);1-2H3;3*1H. The van der Waals surface area contributed by atoms with E-state index in [2.05, 4.69) is 45.9 Å². The number of pyridine rings is 1. The Bertz CT molecular complexity index is 1310. The molecule has 2 aliphatic rings. The fourth-order valence-electron chi connectivity index (χ4n) is 5.65. The van der Waals surface area contributed by atoms with E-state index in [1.165, 1.54) is 38.2 Å². The van der Waals surface area contributed by atoms with Crippen LogP contribution < -0.4 is 10.6 Å². The average molecular weight is 684 g/mol. The SMILES string of the molecule is CC.CCC(=O)NC1CCCCC1.CCCc1cnc(NC=O)cc1-c1cc(F)c2nc3n(c2c1)C(C)(C)CC3.I.[HH].[HH]. The number of carbonyl (C=O) groups excluding carboxylic acids is 2. The molecule has 41 heavy (non-hydrogen) atoms. The molecule has 0 unspecified atom stereocenters. The Hall–Kier alpha value is -2.56. The van der Waals surface area contributed by atoms with Gasteiger partial charge in [-0.1, -0.05) is 53.4 Å². The van der Waals surface area contributed by atoms with Crippen LogP contribution in [0.1, 0.15) is 107 Å². The zero-order valence-corrected chi connectivity index (χ0v) is 27.8. The largest absolute Gasteiger partial charge is 0.353 e. The predicted molar refractivity (Wildman–Crippen MR) is 181 cm³/mol. The Balaban J connectivity index is 0.000000942. The maximum Gasteiger partial charge on any atom is 0.219 e. The number of hydrogen-bond donors (Lipinski definition) is 2. The highest BCUT2D eigenvalue weighted by Crippen LogP contribution is 2.38. The number of halogens is 2. The Morgan fingerprint density at radius 2 is 1.88 bits per heavy atom. The van der Waals surface area contributed by atoms with Crippen LogP contribution in [0.3, 0.4) is 0 Å². The van der Waals surface area contributed by atoms with Crippen molar-refractivity contribution in [2.45, 2.75) is 117 Å². The van der Waals surface area contributed by atoms with Crippen molar-refractivity contribution in [1.82, 2.24) is 19.9 Å². The van der Waals surface area contributed by atoms with Crippen molar-refractivity contribution in [3.8, 4) is 11.1 Å². The lowest BCUT2D eigenvalue weighted by Gasteiger charge is -2.22. The van der Waals surface area contributed by atoms with E-state index in [1.54, 1.807) is 6.20 Å². The normalized spacial score (nSPS) is 15.4. The monoisotopic (exact) mass is 683 g/mol. The third kappa shape index (κ3) is 8.49. The number of rotatable bonds is 7. The second-order valence-corrected chi connectivity index (χ2v) is 11.0. The van der Waals surface area contributed by atoms with Crippen LogP contribution in [0.4, 0.5) is 10.2 Å². The summed E-state index contributed by atoms with van der Waals surface area (Å²) in [5.74, 6) is 1.29. The molecule has 0 atom stereocenters. The average Bonchev–Trinajstić information content (AvgIpc) is 3.49. The molecule has 1 aromatic carbocycles. The van der Waals surface area contributed by atoms with E-state index in [0.29, 0.717) is 30.2 Å². The topological polar surface area (TPSA) is 88.9 Å². The summed E-state index contributed by atoms with van der Waals surface area (Å²) in [5.41, 5.74) is 3.89. The number of nitrogens with zero attached hydrogens (tertiary/aromatic N) is 3. The number of aryl methyl sites for hydroxylation is 2. The van der Waals surface area contributed by atoms with Gasteiger partial charge in [-0.05, 0) is 74.4 Å². The second-order valence-electron chi connectivity index (χ2n) is 11.0. The maximum absolute atomic E-state index is 14.9. The number of hydrogen-bond acceptors (Lipinski definition) is 4. The zero-order valence-electron chi connectivity index (χ0n) is 25.5. The summed E-state index contributed by atoms with van der Waals surface area (Å²) < 4.78 is 17.1. The zero-order chi connectivity index (χ0) is 29.3. The van der Waals surface area contributed by atoms with Gasteiger partial charge in [0, 0.05) is 33.5 Å². The third-order valence-electron chi connectivity index (χ3n) is 7.66. The number of imidazole rings is 1. The smallest absolute Gasteiger partial charge is 0.219 e. The van der Waals surface area contributed by atoms with Gasteiger partial charge in [-0.25, -0.2) is 14.4 Å². The summed E-state index contributed by atoms with van der Waals surface area (Å²) in [4.78, 5) is 30.6. The van der Waals surface area contributed by atoms with Crippen LogP contribution in [0.2, 0.25) is 0 Å². The molecule has 1 saturated carbocycles. The molecular weight excluding hydrogens is 632 g/mol. The van der Waals surface area contributed by atoms with Gasteiger partial charge < -0.3 is 15.2 Å². The van der Waals surface area contributed by atoms with Crippen molar-refractivity contribution in [2.24, 2.45) is 0 Å². The fraction of sp³-hybridized carbons (Fsp3) is 0.562. The highest BCUT2D eigenvalue weighted by molar-refractivity contribution is 14.0. The molecule has 0 spiro atoms. The Morgan fingerprint density at radius 1 is 1.17 bits per heavy atom. The highest BCUT2D eigenvalue weighted by atomic mass is 127. The molecule has 2 N–H and O–H groups in total. The van der Waals surface area contributed by atoms with Crippen LogP contribution in [0.15, 0.2) is 24.4 Å². The van der Waals surface area contributed by atoms with Crippen molar-refractivity contribution in [3.63, 3.8) is 0 Å². The molecule has 7 nitrogen and oxygen atoms in total. The van der Waals surface area contributed by atoms with Gasteiger partial charge in [-0.2, -0.15) is 0 Å². The van der Waals surface area contributed by atoms with E-state index in [0.717, 1.165) is 53.7 Å². The molecule has 9 heteroatoms. The van der Waals surface area contributed by atoms with Gasteiger partial charge >= 0.3 is 0 Å².